The molecule has 3 N–H and O–H groups in total. The van der Waals surface area contributed by atoms with Crippen molar-refractivity contribution in [2.75, 3.05) is 6.54 Å². The van der Waals surface area contributed by atoms with Crippen LogP contribution in [0.5, 0.6) is 0 Å². The third-order valence-electron chi connectivity index (χ3n) is 2.53. The molecule has 17 heavy (non-hydrogen) atoms. The van der Waals surface area contributed by atoms with Gasteiger partial charge in [-0.05, 0) is 25.5 Å². The molecule has 5 heteroatoms. The molecule has 4 nitrogen and oxygen atoms in total. The summed E-state index contributed by atoms with van der Waals surface area (Å²) >= 11 is 0. The molecular formula is C12H20N2O2S. The Morgan fingerprint density at radius 2 is 1.88 bits per heavy atom. The number of hydrogen-bond acceptors (Lipinski definition) is 3. The van der Waals surface area contributed by atoms with Gasteiger partial charge in [-0.25, -0.2) is 13.1 Å². The highest BCUT2D eigenvalue weighted by Crippen LogP contribution is 2.09. The van der Waals surface area contributed by atoms with E-state index in [4.69, 9.17) is 5.73 Å². The van der Waals surface area contributed by atoms with Crippen molar-refractivity contribution in [1.82, 2.24) is 4.72 Å². The van der Waals surface area contributed by atoms with Crippen LogP contribution in [0.15, 0.2) is 29.2 Å². The van der Waals surface area contributed by atoms with E-state index < -0.39 is 10.0 Å². The van der Waals surface area contributed by atoms with Crippen LogP contribution < -0.4 is 10.5 Å². The van der Waals surface area contributed by atoms with E-state index in [2.05, 4.69) is 4.72 Å². The minimum atomic E-state index is -3.42. The molecule has 0 aliphatic rings. The van der Waals surface area contributed by atoms with Gasteiger partial charge in [0.2, 0.25) is 10.0 Å². The van der Waals surface area contributed by atoms with E-state index in [-0.39, 0.29) is 17.5 Å². The molecule has 0 saturated heterocycles. The van der Waals surface area contributed by atoms with Gasteiger partial charge in [0.25, 0.3) is 0 Å². The lowest BCUT2D eigenvalue weighted by atomic mass is 10.2. The van der Waals surface area contributed by atoms with E-state index in [9.17, 15) is 8.42 Å². The largest absolute Gasteiger partial charge is 0.327 e. The minimum Gasteiger partial charge on any atom is -0.327 e. The molecule has 0 aliphatic carbocycles. The van der Waals surface area contributed by atoms with E-state index in [1.807, 2.05) is 13.8 Å². The van der Waals surface area contributed by atoms with Gasteiger partial charge in [0.15, 0.2) is 0 Å². The van der Waals surface area contributed by atoms with Crippen molar-refractivity contribution in [3.8, 4) is 0 Å². The van der Waals surface area contributed by atoms with Crippen LogP contribution in [0.3, 0.4) is 0 Å². The quantitative estimate of drug-likeness (QED) is 0.808. The summed E-state index contributed by atoms with van der Waals surface area (Å²) in [6, 6.07) is 6.63. The first-order chi connectivity index (χ1) is 7.95. The molecule has 0 aromatic heterocycles. The minimum absolute atomic E-state index is 0.125. The van der Waals surface area contributed by atoms with Crippen molar-refractivity contribution in [3.63, 3.8) is 0 Å². The fourth-order valence-corrected chi connectivity index (χ4v) is 2.58. The van der Waals surface area contributed by atoms with Crippen LogP contribution >= 0.6 is 0 Å². The Balaban J connectivity index is 2.66. The van der Waals surface area contributed by atoms with Crippen LogP contribution in [0.2, 0.25) is 0 Å². The van der Waals surface area contributed by atoms with Gasteiger partial charge >= 0.3 is 0 Å². The van der Waals surface area contributed by atoms with Crippen molar-refractivity contribution in [2.45, 2.75) is 37.6 Å². The summed E-state index contributed by atoms with van der Waals surface area (Å²) in [5, 5.41) is 0. The second kappa shape index (κ2) is 6.14. The maximum atomic E-state index is 11.9. The molecule has 0 saturated carbocycles. The summed E-state index contributed by atoms with van der Waals surface area (Å²) in [6.07, 6.45) is 1.77. The van der Waals surface area contributed by atoms with Gasteiger partial charge in [0.05, 0.1) is 4.90 Å². The van der Waals surface area contributed by atoms with Gasteiger partial charge in [0, 0.05) is 12.6 Å². The lowest BCUT2D eigenvalue weighted by Crippen LogP contribution is -2.37. The van der Waals surface area contributed by atoms with Crippen molar-refractivity contribution < 1.29 is 8.42 Å². The highest BCUT2D eigenvalue weighted by atomic mass is 32.2. The van der Waals surface area contributed by atoms with Crippen molar-refractivity contribution >= 4 is 10.0 Å². The van der Waals surface area contributed by atoms with Crippen molar-refractivity contribution in [2.24, 2.45) is 5.73 Å². The molecule has 0 spiro atoms. The van der Waals surface area contributed by atoms with Crippen LogP contribution in [0, 0.1) is 6.92 Å². The monoisotopic (exact) mass is 256 g/mol. The first kappa shape index (κ1) is 14.2. The van der Waals surface area contributed by atoms with Crippen LogP contribution in [-0.2, 0) is 10.0 Å². The summed E-state index contributed by atoms with van der Waals surface area (Å²) in [6.45, 7) is 4.22. The Hall–Kier alpha value is -0.910. The summed E-state index contributed by atoms with van der Waals surface area (Å²) in [4.78, 5) is 0.284. The fourth-order valence-electron chi connectivity index (χ4n) is 1.49. The van der Waals surface area contributed by atoms with Crippen molar-refractivity contribution in [3.05, 3.63) is 29.8 Å². The molecule has 1 aromatic carbocycles. The molecule has 0 aliphatic heterocycles. The number of rotatable bonds is 6. The number of hydrogen-bond donors (Lipinski definition) is 2. The smallest absolute Gasteiger partial charge is 0.240 e. The third-order valence-corrected chi connectivity index (χ3v) is 3.97. The number of nitrogens with two attached hydrogens (primary N) is 1. The van der Waals surface area contributed by atoms with Crippen LogP contribution in [0.1, 0.15) is 25.3 Å². The number of sulfonamides is 1. The highest BCUT2D eigenvalue weighted by Gasteiger charge is 2.14. The van der Waals surface area contributed by atoms with E-state index in [1.165, 1.54) is 0 Å². The average Bonchev–Trinajstić information content (AvgIpc) is 2.28. The lowest BCUT2D eigenvalue weighted by Gasteiger charge is -2.12. The normalized spacial score (nSPS) is 13.6. The number of aryl methyl sites for hydroxylation is 1. The molecule has 0 fully saturated rings. The van der Waals surface area contributed by atoms with Gasteiger partial charge < -0.3 is 5.73 Å². The molecular weight excluding hydrogens is 236 g/mol. The Morgan fingerprint density at radius 1 is 1.29 bits per heavy atom. The van der Waals surface area contributed by atoms with E-state index in [1.54, 1.807) is 24.3 Å². The number of nitrogens with one attached hydrogen (secondary N) is 1. The Kier molecular flexibility index (Phi) is 5.11. The zero-order valence-electron chi connectivity index (χ0n) is 10.3. The zero-order chi connectivity index (χ0) is 12.9. The Labute approximate surface area is 103 Å². The fraction of sp³-hybridized carbons (Fsp3) is 0.500. The predicted molar refractivity (Wildman–Crippen MR) is 69.3 cm³/mol. The number of benzene rings is 1. The topological polar surface area (TPSA) is 72.2 Å². The average molecular weight is 256 g/mol. The van der Waals surface area contributed by atoms with Gasteiger partial charge in [0.1, 0.15) is 0 Å². The van der Waals surface area contributed by atoms with Gasteiger partial charge in [-0.1, -0.05) is 31.0 Å². The van der Waals surface area contributed by atoms with Gasteiger partial charge in [-0.2, -0.15) is 0 Å². The molecule has 1 unspecified atom stereocenters. The zero-order valence-corrected chi connectivity index (χ0v) is 11.1. The summed E-state index contributed by atoms with van der Waals surface area (Å²) in [5.41, 5.74) is 6.80. The molecule has 1 rings (SSSR count). The first-order valence-corrected chi connectivity index (χ1v) is 7.26. The second-order valence-corrected chi connectivity index (χ2v) is 5.98. The molecule has 0 bridgehead atoms. The van der Waals surface area contributed by atoms with E-state index >= 15 is 0 Å². The van der Waals surface area contributed by atoms with Crippen LogP contribution in [0.4, 0.5) is 0 Å². The highest BCUT2D eigenvalue weighted by molar-refractivity contribution is 7.89. The molecule has 0 radical (unpaired) electrons. The van der Waals surface area contributed by atoms with Gasteiger partial charge in [-0.3, -0.25) is 0 Å². The van der Waals surface area contributed by atoms with Gasteiger partial charge in [-0.15, -0.1) is 0 Å². The Morgan fingerprint density at radius 3 is 2.41 bits per heavy atom. The van der Waals surface area contributed by atoms with Crippen molar-refractivity contribution in [1.29, 1.82) is 0 Å². The standard InChI is InChI=1S/C12H20N2O2S/c1-3-4-11(13)9-14-17(15,16)12-7-5-10(2)6-8-12/h5-8,11,14H,3-4,9,13H2,1-2H3. The first-order valence-electron chi connectivity index (χ1n) is 5.77. The third kappa shape index (κ3) is 4.46. The van der Waals surface area contributed by atoms with Crippen LogP contribution in [-0.4, -0.2) is 21.0 Å². The molecule has 0 amide bonds. The molecule has 1 aromatic rings. The summed E-state index contributed by atoms with van der Waals surface area (Å²) < 4.78 is 26.3. The predicted octanol–water partition coefficient (Wildman–Crippen LogP) is 1.40. The SMILES string of the molecule is CCCC(N)CNS(=O)(=O)c1ccc(C)cc1. The summed E-state index contributed by atoms with van der Waals surface area (Å²) in [7, 11) is -3.42. The van der Waals surface area contributed by atoms with E-state index in [0.717, 1.165) is 18.4 Å². The Bertz CT molecular complexity index is 440. The maximum Gasteiger partial charge on any atom is 0.240 e. The molecule has 0 heterocycles. The van der Waals surface area contributed by atoms with Crippen LogP contribution in [0.25, 0.3) is 0 Å². The molecule has 96 valence electrons. The maximum absolute atomic E-state index is 11.9. The summed E-state index contributed by atoms with van der Waals surface area (Å²) in [5.74, 6) is 0. The lowest BCUT2D eigenvalue weighted by molar-refractivity contribution is 0.553. The van der Waals surface area contributed by atoms with E-state index in [0.29, 0.717) is 0 Å². The second-order valence-electron chi connectivity index (χ2n) is 4.21. The molecule has 1 atom stereocenters.